The van der Waals surface area contributed by atoms with Gasteiger partial charge in [-0.25, -0.2) is 13.2 Å². The van der Waals surface area contributed by atoms with Gasteiger partial charge in [-0.3, -0.25) is 4.79 Å². The molecule has 24 heavy (non-hydrogen) atoms. The van der Waals surface area contributed by atoms with Gasteiger partial charge < -0.3 is 15.0 Å². The molecule has 0 spiro atoms. The van der Waals surface area contributed by atoms with Gasteiger partial charge in [0, 0.05) is 19.1 Å². The number of carbonyl (C=O) groups is 2. The van der Waals surface area contributed by atoms with Gasteiger partial charge in [-0.15, -0.1) is 0 Å². The largest absolute Gasteiger partial charge is 0.444 e. The third-order valence-electron chi connectivity index (χ3n) is 4.03. The Bertz CT molecular complexity index is 558. The molecule has 1 heterocycles. The highest BCUT2D eigenvalue weighted by atomic mass is 32.2. The number of nitrogens with zero attached hydrogens (tertiary/aromatic N) is 1. The van der Waals surface area contributed by atoms with E-state index in [2.05, 4.69) is 5.32 Å². The van der Waals surface area contributed by atoms with Crippen LogP contribution in [-0.2, 0) is 19.4 Å². The number of hydrogen-bond acceptors (Lipinski definition) is 5. The Hall–Kier alpha value is -1.31. The van der Waals surface area contributed by atoms with E-state index >= 15 is 0 Å². The fourth-order valence-electron chi connectivity index (χ4n) is 2.52. The van der Waals surface area contributed by atoms with E-state index in [1.165, 1.54) is 6.92 Å². The number of carbonyl (C=O) groups excluding carboxylic acids is 2. The number of hydrogen-bond donors (Lipinski definition) is 1. The molecular formula is C16H30N2O5S. The lowest BCUT2D eigenvalue weighted by atomic mass is 10.0. The second-order valence-corrected chi connectivity index (χ2v) is 10.4. The van der Waals surface area contributed by atoms with E-state index < -0.39 is 32.0 Å². The van der Waals surface area contributed by atoms with Crippen LogP contribution in [0.4, 0.5) is 4.79 Å². The maximum atomic E-state index is 12.4. The van der Waals surface area contributed by atoms with Crippen molar-refractivity contribution in [3.63, 3.8) is 0 Å². The molecule has 0 unspecified atom stereocenters. The van der Waals surface area contributed by atoms with Crippen LogP contribution in [0, 0.1) is 0 Å². The van der Waals surface area contributed by atoms with Crippen molar-refractivity contribution in [3.8, 4) is 0 Å². The van der Waals surface area contributed by atoms with Gasteiger partial charge in [-0.2, -0.15) is 0 Å². The zero-order valence-electron chi connectivity index (χ0n) is 15.5. The first-order valence-corrected chi connectivity index (χ1v) is 9.96. The Kier molecular flexibility index (Phi) is 6.67. The summed E-state index contributed by atoms with van der Waals surface area (Å²) in [7, 11) is -3.46. The van der Waals surface area contributed by atoms with E-state index in [-0.39, 0.29) is 11.9 Å². The summed E-state index contributed by atoms with van der Waals surface area (Å²) in [5.41, 5.74) is -0.554. The average Bonchev–Trinajstić information content (AvgIpc) is 2.44. The molecule has 1 atom stereocenters. The molecule has 7 nitrogen and oxygen atoms in total. The second-order valence-electron chi connectivity index (χ2n) is 7.53. The van der Waals surface area contributed by atoms with Crippen molar-refractivity contribution in [2.75, 3.05) is 13.1 Å². The summed E-state index contributed by atoms with van der Waals surface area (Å²) in [6, 6.07) is -0.0686. The molecule has 1 fully saturated rings. The van der Waals surface area contributed by atoms with Crippen LogP contribution in [0.3, 0.4) is 0 Å². The highest BCUT2D eigenvalue weighted by molar-refractivity contribution is 7.93. The second kappa shape index (κ2) is 7.72. The van der Waals surface area contributed by atoms with Crippen LogP contribution in [0.2, 0.25) is 0 Å². The molecule has 0 aliphatic carbocycles. The summed E-state index contributed by atoms with van der Waals surface area (Å²) in [4.78, 5) is 25.7. The van der Waals surface area contributed by atoms with Gasteiger partial charge in [0.05, 0.1) is 5.25 Å². The molecule has 8 heteroatoms. The lowest BCUT2D eigenvalue weighted by Crippen LogP contribution is -2.51. The van der Waals surface area contributed by atoms with E-state index in [1.54, 1.807) is 39.5 Å². The van der Waals surface area contributed by atoms with Crippen LogP contribution >= 0.6 is 0 Å². The number of nitrogens with one attached hydrogen (secondary N) is 1. The average molecular weight is 362 g/mol. The summed E-state index contributed by atoms with van der Waals surface area (Å²) in [6.07, 6.45) is 0.696. The van der Waals surface area contributed by atoms with Gasteiger partial charge in [0.15, 0.2) is 9.84 Å². The summed E-state index contributed by atoms with van der Waals surface area (Å²) < 4.78 is 29.5. The zero-order valence-corrected chi connectivity index (χ0v) is 16.3. The standard InChI is InChI=1S/C16H30N2O5S/c1-11(2)24(21,22)12(3)14(19)18-9-7-13(8-10-18)17-15(20)23-16(4,5)6/h11-13H,7-10H2,1-6H3,(H,17,20)/t12-/m0/s1. The molecule has 140 valence electrons. The molecule has 0 saturated carbocycles. The van der Waals surface area contributed by atoms with E-state index in [4.69, 9.17) is 4.74 Å². The minimum absolute atomic E-state index is 0.0686. The van der Waals surface area contributed by atoms with Crippen molar-refractivity contribution < 1.29 is 22.7 Å². The van der Waals surface area contributed by atoms with E-state index in [0.717, 1.165) is 0 Å². The predicted molar refractivity (Wildman–Crippen MR) is 92.5 cm³/mol. The monoisotopic (exact) mass is 362 g/mol. The molecule has 0 aromatic rings. The molecule has 0 radical (unpaired) electrons. The summed E-state index contributed by atoms with van der Waals surface area (Å²) in [6.45, 7) is 10.8. The number of piperidine rings is 1. The highest BCUT2D eigenvalue weighted by Crippen LogP contribution is 2.17. The minimum Gasteiger partial charge on any atom is -0.444 e. The SMILES string of the molecule is CC(C)S(=O)(=O)[C@@H](C)C(=O)N1CCC(NC(=O)OC(C)(C)C)CC1. The first-order chi connectivity index (χ1) is 10.8. The quantitative estimate of drug-likeness (QED) is 0.822. The van der Waals surface area contributed by atoms with Crippen LogP contribution in [0.1, 0.15) is 54.4 Å². The van der Waals surface area contributed by atoms with Crippen LogP contribution in [0.25, 0.3) is 0 Å². The normalized spacial score (nSPS) is 18.4. The Morgan fingerprint density at radius 1 is 1.12 bits per heavy atom. The van der Waals surface area contributed by atoms with Crippen molar-refractivity contribution in [3.05, 3.63) is 0 Å². The highest BCUT2D eigenvalue weighted by Gasteiger charge is 2.35. The number of alkyl carbamates (subject to hydrolysis) is 1. The van der Waals surface area contributed by atoms with Gasteiger partial charge in [-0.1, -0.05) is 0 Å². The Balaban J connectivity index is 2.54. The van der Waals surface area contributed by atoms with Crippen LogP contribution < -0.4 is 5.32 Å². The fraction of sp³-hybridized carbons (Fsp3) is 0.875. The molecule has 1 aliphatic rings. The number of amides is 2. The minimum atomic E-state index is -3.46. The predicted octanol–water partition coefficient (Wildman–Crippen LogP) is 1.71. The van der Waals surface area contributed by atoms with Gasteiger partial charge in [0.2, 0.25) is 5.91 Å². The smallest absolute Gasteiger partial charge is 0.407 e. The van der Waals surface area contributed by atoms with E-state index in [9.17, 15) is 18.0 Å². The van der Waals surface area contributed by atoms with Crippen LogP contribution in [-0.4, -0.2) is 60.6 Å². The Labute approximate surface area is 145 Å². The molecule has 1 rings (SSSR count). The lowest BCUT2D eigenvalue weighted by molar-refractivity contribution is -0.131. The molecule has 0 aromatic carbocycles. The van der Waals surface area contributed by atoms with Crippen LogP contribution in [0.15, 0.2) is 0 Å². The number of ether oxygens (including phenoxy) is 1. The fourth-order valence-corrected chi connectivity index (χ4v) is 3.77. The molecular weight excluding hydrogens is 332 g/mol. The van der Waals surface area contributed by atoms with Crippen molar-refractivity contribution in [1.82, 2.24) is 10.2 Å². The first-order valence-electron chi connectivity index (χ1n) is 8.35. The number of likely N-dealkylation sites (tertiary alicyclic amines) is 1. The van der Waals surface area contributed by atoms with E-state index in [1.807, 2.05) is 0 Å². The third kappa shape index (κ3) is 5.65. The maximum Gasteiger partial charge on any atom is 0.407 e. The Morgan fingerprint density at radius 3 is 2.04 bits per heavy atom. The molecule has 1 saturated heterocycles. The lowest BCUT2D eigenvalue weighted by Gasteiger charge is -2.34. The maximum absolute atomic E-state index is 12.4. The summed E-state index contributed by atoms with van der Waals surface area (Å²) >= 11 is 0. The Morgan fingerprint density at radius 2 is 1.62 bits per heavy atom. The van der Waals surface area contributed by atoms with Crippen molar-refractivity contribution in [2.24, 2.45) is 0 Å². The van der Waals surface area contributed by atoms with Gasteiger partial charge >= 0.3 is 6.09 Å². The van der Waals surface area contributed by atoms with Gasteiger partial charge in [0.25, 0.3) is 0 Å². The summed E-state index contributed by atoms with van der Waals surface area (Å²) in [5.74, 6) is -0.362. The first kappa shape index (κ1) is 20.7. The molecule has 0 bridgehead atoms. The van der Waals surface area contributed by atoms with Crippen molar-refractivity contribution in [2.45, 2.75) is 76.5 Å². The van der Waals surface area contributed by atoms with Crippen molar-refractivity contribution in [1.29, 1.82) is 0 Å². The third-order valence-corrected chi connectivity index (χ3v) is 6.53. The van der Waals surface area contributed by atoms with E-state index in [0.29, 0.717) is 25.9 Å². The van der Waals surface area contributed by atoms with Crippen LogP contribution in [0.5, 0.6) is 0 Å². The topological polar surface area (TPSA) is 92.8 Å². The zero-order chi connectivity index (χ0) is 18.7. The summed E-state index contributed by atoms with van der Waals surface area (Å²) in [5, 5.41) is 1.18. The number of rotatable bonds is 4. The molecule has 1 N–H and O–H groups in total. The molecule has 1 aliphatic heterocycles. The molecule has 0 aromatic heterocycles. The van der Waals surface area contributed by atoms with Crippen molar-refractivity contribution >= 4 is 21.8 Å². The van der Waals surface area contributed by atoms with Gasteiger partial charge in [0.1, 0.15) is 10.9 Å². The molecule has 2 amide bonds. The van der Waals surface area contributed by atoms with Gasteiger partial charge in [-0.05, 0) is 54.4 Å². The number of sulfone groups is 1.